The molecule has 0 amide bonds. The second-order valence-corrected chi connectivity index (χ2v) is 5.58. The van der Waals surface area contributed by atoms with Crippen LogP contribution in [0, 0.1) is 0 Å². The van der Waals surface area contributed by atoms with Crippen LogP contribution >= 0.6 is 11.6 Å². The van der Waals surface area contributed by atoms with Crippen molar-refractivity contribution in [2.45, 2.75) is 24.1 Å². The van der Waals surface area contributed by atoms with Crippen molar-refractivity contribution in [3.05, 3.63) is 29.8 Å². The van der Waals surface area contributed by atoms with Crippen molar-refractivity contribution in [2.75, 3.05) is 24.6 Å². The van der Waals surface area contributed by atoms with Crippen molar-refractivity contribution in [1.29, 1.82) is 0 Å². The Balaban J connectivity index is 2.02. The average molecular weight is 266 g/mol. The lowest BCUT2D eigenvalue weighted by molar-refractivity contribution is -0.147. The third-order valence-corrected chi connectivity index (χ3v) is 4.47. The Morgan fingerprint density at radius 3 is 3.11 bits per heavy atom. The van der Waals surface area contributed by atoms with Crippen LogP contribution in [-0.2, 0) is 9.53 Å². The molecule has 2 unspecified atom stereocenters. The normalized spacial score (nSPS) is 29.0. The molecule has 18 heavy (non-hydrogen) atoms. The zero-order valence-electron chi connectivity index (χ0n) is 10.4. The lowest BCUT2D eigenvalue weighted by atomic mass is 9.75. The van der Waals surface area contributed by atoms with Gasteiger partial charge in [-0.25, -0.2) is 0 Å². The summed E-state index contributed by atoms with van der Waals surface area (Å²) in [6, 6.07) is 8.20. The monoisotopic (exact) mass is 265 g/mol. The predicted octanol–water partition coefficient (Wildman–Crippen LogP) is 2.53. The number of alkyl halides is 1. The molecule has 0 aliphatic carbocycles. The Labute approximate surface area is 112 Å². The molecular formula is C14H16ClNO2. The zero-order chi connectivity index (χ0) is 12.8. The molecule has 1 aromatic rings. The molecule has 1 fully saturated rings. The van der Waals surface area contributed by atoms with E-state index >= 15 is 0 Å². The SMILES string of the molecule is CCOC(=O)C1(Cl)CN2CCC1c1ccccc12. The second-order valence-electron chi connectivity index (χ2n) is 4.90. The van der Waals surface area contributed by atoms with Crippen molar-refractivity contribution in [3.63, 3.8) is 0 Å². The van der Waals surface area contributed by atoms with Gasteiger partial charge in [0.2, 0.25) is 0 Å². The fourth-order valence-corrected chi connectivity index (χ4v) is 3.54. The van der Waals surface area contributed by atoms with E-state index in [2.05, 4.69) is 17.0 Å². The number of fused-ring (bicyclic) bond motifs is 2. The minimum atomic E-state index is -0.914. The number of benzene rings is 1. The number of carbonyl (C=O) groups is 1. The van der Waals surface area contributed by atoms with E-state index in [0.29, 0.717) is 13.2 Å². The summed E-state index contributed by atoms with van der Waals surface area (Å²) in [6.07, 6.45) is 0.916. The number of anilines is 1. The van der Waals surface area contributed by atoms with Crippen LogP contribution in [-0.4, -0.2) is 30.5 Å². The Morgan fingerprint density at radius 2 is 2.33 bits per heavy atom. The van der Waals surface area contributed by atoms with Gasteiger partial charge in [-0.2, -0.15) is 0 Å². The third kappa shape index (κ3) is 1.53. The maximum Gasteiger partial charge on any atom is 0.329 e. The minimum Gasteiger partial charge on any atom is -0.465 e. The number of nitrogens with zero attached hydrogens (tertiary/aromatic N) is 1. The molecule has 0 N–H and O–H groups in total. The molecule has 0 spiro atoms. The lowest BCUT2D eigenvalue weighted by Crippen LogP contribution is -2.58. The van der Waals surface area contributed by atoms with Crippen LogP contribution in [0.3, 0.4) is 0 Å². The molecular weight excluding hydrogens is 250 g/mol. The van der Waals surface area contributed by atoms with Gasteiger partial charge < -0.3 is 9.64 Å². The van der Waals surface area contributed by atoms with E-state index in [9.17, 15) is 4.79 Å². The van der Waals surface area contributed by atoms with Gasteiger partial charge >= 0.3 is 5.97 Å². The summed E-state index contributed by atoms with van der Waals surface area (Å²) in [5.74, 6) is -0.213. The molecule has 1 saturated heterocycles. The maximum absolute atomic E-state index is 12.1. The van der Waals surface area contributed by atoms with Gasteiger partial charge in [0.05, 0.1) is 6.61 Å². The third-order valence-electron chi connectivity index (χ3n) is 3.93. The summed E-state index contributed by atoms with van der Waals surface area (Å²) in [6.45, 7) is 3.71. The van der Waals surface area contributed by atoms with Gasteiger partial charge in [-0.1, -0.05) is 18.2 Å². The number of esters is 1. The van der Waals surface area contributed by atoms with Gasteiger partial charge in [0.15, 0.2) is 4.87 Å². The van der Waals surface area contributed by atoms with Crippen LogP contribution in [0.4, 0.5) is 5.69 Å². The van der Waals surface area contributed by atoms with Crippen molar-refractivity contribution in [2.24, 2.45) is 0 Å². The molecule has 4 rings (SSSR count). The quantitative estimate of drug-likeness (QED) is 0.608. The van der Waals surface area contributed by atoms with Crippen LogP contribution in [0.1, 0.15) is 24.8 Å². The van der Waals surface area contributed by atoms with E-state index in [1.807, 2.05) is 19.1 Å². The van der Waals surface area contributed by atoms with Gasteiger partial charge in [-0.3, -0.25) is 4.79 Å². The molecule has 1 aromatic carbocycles. The minimum absolute atomic E-state index is 0.0689. The van der Waals surface area contributed by atoms with Gasteiger partial charge in [0.25, 0.3) is 0 Å². The second kappa shape index (κ2) is 4.16. The van der Waals surface area contributed by atoms with E-state index in [0.717, 1.165) is 13.0 Å². The summed E-state index contributed by atoms with van der Waals surface area (Å²) in [7, 11) is 0. The molecule has 3 aliphatic heterocycles. The van der Waals surface area contributed by atoms with E-state index in [1.165, 1.54) is 11.3 Å². The van der Waals surface area contributed by atoms with E-state index in [4.69, 9.17) is 16.3 Å². The molecule has 2 bridgehead atoms. The predicted molar refractivity (Wildman–Crippen MR) is 71.2 cm³/mol. The largest absolute Gasteiger partial charge is 0.465 e. The zero-order valence-corrected chi connectivity index (χ0v) is 11.1. The molecule has 3 nitrogen and oxygen atoms in total. The molecule has 0 aromatic heterocycles. The number of rotatable bonds is 2. The first-order valence-electron chi connectivity index (χ1n) is 6.37. The Morgan fingerprint density at radius 1 is 1.56 bits per heavy atom. The van der Waals surface area contributed by atoms with Crippen molar-refractivity contribution < 1.29 is 9.53 Å². The molecule has 0 radical (unpaired) electrons. The molecule has 0 saturated carbocycles. The van der Waals surface area contributed by atoms with E-state index in [-0.39, 0.29) is 11.9 Å². The highest BCUT2D eigenvalue weighted by molar-refractivity contribution is 6.35. The van der Waals surface area contributed by atoms with Crippen LogP contribution in [0.2, 0.25) is 0 Å². The smallest absolute Gasteiger partial charge is 0.329 e. The highest BCUT2D eigenvalue weighted by Crippen LogP contribution is 2.50. The fraction of sp³-hybridized carbons (Fsp3) is 0.500. The van der Waals surface area contributed by atoms with Gasteiger partial charge in [0, 0.05) is 24.7 Å². The van der Waals surface area contributed by atoms with Gasteiger partial charge in [-0.05, 0) is 25.0 Å². The number of para-hydroxylation sites is 1. The summed E-state index contributed by atoms with van der Waals surface area (Å²) in [4.78, 5) is 13.4. The van der Waals surface area contributed by atoms with Crippen LogP contribution in [0.15, 0.2) is 24.3 Å². The molecule has 3 heterocycles. The number of hydrogen-bond acceptors (Lipinski definition) is 3. The Hall–Kier alpha value is -1.22. The lowest BCUT2D eigenvalue weighted by Gasteiger charge is -2.50. The van der Waals surface area contributed by atoms with Crippen molar-refractivity contribution in [1.82, 2.24) is 0 Å². The number of ether oxygens (including phenoxy) is 1. The molecule has 4 heteroatoms. The Kier molecular flexibility index (Phi) is 2.74. The summed E-state index contributed by atoms with van der Waals surface area (Å²) in [5, 5.41) is 0. The first kappa shape index (κ1) is 11.8. The average Bonchev–Trinajstić information content (AvgIpc) is 2.40. The first-order chi connectivity index (χ1) is 8.66. The van der Waals surface area contributed by atoms with Crippen LogP contribution in [0.5, 0.6) is 0 Å². The number of hydrogen-bond donors (Lipinski definition) is 0. The number of piperidine rings is 1. The number of halogens is 1. The van der Waals surface area contributed by atoms with Crippen molar-refractivity contribution in [3.8, 4) is 0 Å². The summed E-state index contributed by atoms with van der Waals surface area (Å²) in [5.41, 5.74) is 2.40. The van der Waals surface area contributed by atoms with Crippen LogP contribution in [0.25, 0.3) is 0 Å². The van der Waals surface area contributed by atoms with Gasteiger partial charge in [0.1, 0.15) is 0 Å². The maximum atomic E-state index is 12.1. The van der Waals surface area contributed by atoms with Crippen LogP contribution < -0.4 is 4.90 Å². The highest BCUT2D eigenvalue weighted by atomic mass is 35.5. The van der Waals surface area contributed by atoms with Gasteiger partial charge in [-0.15, -0.1) is 11.6 Å². The topological polar surface area (TPSA) is 29.5 Å². The summed E-state index contributed by atoms with van der Waals surface area (Å²) >= 11 is 6.61. The fourth-order valence-electron chi connectivity index (χ4n) is 3.12. The molecule has 3 aliphatic rings. The Bertz CT molecular complexity index is 490. The molecule has 96 valence electrons. The first-order valence-corrected chi connectivity index (χ1v) is 6.74. The molecule has 2 atom stereocenters. The van der Waals surface area contributed by atoms with E-state index in [1.54, 1.807) is 0 Å². The number of carbonyl (C=O) groups excluding carboxylic acids is 1. The highest BCUT2D eigenvalue weighted by Gasteiger charge is 2.54. The van der Waals surface area contributed by atoms with Crippen molar-refractivity contribution >= 4 is 23.3 Å². The van der Waals surface area contributed by atoms with E-state index < -0.39 is 4.87 Å². The summed E-state index contributed by atoms with van der Waals surface area (Å²) < 4.78 is 5.15. The standard InChI is InChI=1S/C14H16ClNO2/c1-2-18-13(17)14(15)9-16-8-7-11(14)10-5-3-4-6-12(10)16/h3-6,11H,2,7-9H2,1H3.